The molecule has 3 amide bonds. The van der Waals surface area contributed by atoms with E-state index in [9.17, 15) is 19.5 Å². The Bertz CT molecular complexity index is 848. The van der Waals surface area contributed by atoms with Crippen LogP contribution in [0.1, 0.15) is 43.9 Å². The fourth-order valence-electron chi connectivity index (χ4n) is 2.72. The number of aromatic nitrogens is 1. The summed E-state index contributed by atoms with van der Waals surface area (Å²) in [6.07, 6.45) is 0.573. The smallest absolute Gasteiger partial charge is 0.326 e. The SMILES string of the molecule is CC(C)c1ccc(-c2nc(CC(=O)N[C@@H](CCCNC(N)=O)C(=O)O)cs2)cc1. The van der Waals surface area contributed by atoms with Crippen molar-refractivity contribution in [2.75, 3.05) is 6.54 Å². The second-order valence-electron chi connectivity index (χ2n) is 6.99. The first-order chi connectivity index (χ1) is 13.8. The van der Waals surface area contributed by atoms with E-state index in [-0.39, 0.29) is 19.4 Å². The Morgan fingerprint density at radius 3 is 2.48 bits per heavy atom. The lowest BCUT2D eigenvalue weighted by atomic mass is 10.0. The number of thiazole rings is 1. The van der Waals surface area contributed by atoms with E-state index in [2.05, 4.69) is 41.6 Å². The molecule has 8 nitrogen and oxygen atoms in total. The predicted octanol–water partition coefficient (Wildman–Crippen LogP) is 2.49. The highest BCUT2D eigenvalue weighted by Crippen LogP contribution is 2.26. The molecule has 1 aromatic heterocycles. The molecule has 1 heterocycles. The van der Waals surface area contributed by atoms with Crippen molar-refractivity contribution in [1.29, 1.82) is 0 Å². The molecule has 2 aromatic rings. The Kier molecular flexibility index (Phi) is 8.14. The van der Waals surface area contributed by atoms with Crippen LogP contribution in [-0.4, -0.2) is 40.6 Å². The summed E-state index contributed by atoms with van der Waals surface area (Å²) in [5, 5.41) is 16.8. The van der Waals surface area contributed by atoms with Crippen LogP contribution in [0.3, 0.4) is 0 Å². The first kappa shape index (κ1) is 22.4. The summed E-state index contributed by atoms with van der Waals surface area (Å²) < 4.78 is 0. The summed E-state index contributed by atoms with van der Waals surface area (Å²) in [5.41, 5.74) is 7.78. The van der Waals surface area contributed by atoms with Gasteiger partial charge < -0.3 is 21.5 Å². The van der Waals surface area contributed by atoms with Gasteiger partial charge in [0.25, 0.3) is 0 Å². The first-order valence-electron chi connectivity index (χ1n) is 9.36. The van der Waals surface area contributed by atoms with E-state index in [0.29, 0.717) is 18.0 Å². The highest BCUT2D eigenvalue weighted by Gasteiger charge is 2.20. The molecule has 1 atom stereocenters. The van der Waals surface area contributed by atoms with E-state index < -0.39 is 23.9 Å². The largest absolute Gasteiger partial charge is 0.480 e. The maximum absolute atomic E-state index is 12.2. The molecule has 0 radical (unpaired) electrons. The van der Waals surface area contributed by atoms with Crippen LogP contribution in [0.2, 0.25) is 0 Å². The maximum Gasteiger partial charge on any atom is 0.326 e. The molecule has 0 aliphatic heterocycles. The summed E-state index contributed by atoms with van der Waals surface area (Å²) in [4.78, 5) is 38.7. The number of carbonyl (C=O) groups excluding carboxylic acids is 2. The molecule has 5 N–H and O–H groups in total. The minimum Gasteiger partial charge on any atom is -0.480 e. The van der Waals surface area contributed by atoms with Crippen LogP contribution in [0.15, 0.2) is 29.6 Å². The van der Waals surface area contributed by atoms with Gasteiger partial charge in [0.2, 0.25) is 5.91 Å². The standard InChI is InChI=1S/C20H26N4O4S/c1-12(2)13-5-7-14(8-6-13)18-23-15(11-29-18)10-17(25)24-16(19(26)27)4-3-9-22-20(21)28/h5-8,11-12,16H,3-4,9-10H2,1-2H3,(H,24,25)(H,26,27)(H3,21,22,28)/t16-/m0/s1. The number of rotatable bonds is 10. The number of nitrogens with one attached hydrogen (secondary N) is 2. The fourth-order valence-corrected chi connectivity index (χ4v) is 3.54. The molecular weight excluding hydrogens is 392 g/mol. The molecule has 0 bridgehead atoms. The number of aliphatic carboxylic acids is 1. The molecular formula is C20H26N4O4S. The molecule has 0 spiro atoms. The number of carbonyl (C=O) groups is 3. The van der Waals surface area contributed by atoms with E-state index >= 15 is 0 Å². The third kappa shape index (κ3) is 7.19. The highest BCUT2D eigenvalue weighted by molar-refractivity contribution is 7.13. The molecule has 0 aliphatic rings. The molecule has 9 heteroatoms. The zero-order chi connectivity index (χ0) is 21.4. The van der Waals surface area contributed by atoms with Gasteiger partial charge >= 0.3 is 12.0 Å². The van der Waals surface area contributed by atoms with Crippen molar-refractivity contribution in [3.63, 3.8) is 0 Å². The number of hydrogen-bond donors (Lipinski definition) is 4. The number of nitrogens with zero attached hydrogens (tertiary/aromatic N) is 1. The quantitative estimate of drug-likeness (QED) is 0.440. The van der Waals surface area contributed by atoms with E-state index in [4.69, 9.17) is 5.73 Å². The molecule has 29 heavy (non-hydrogen) atoms. The minimum atomic E-state index is -1.12. The van der Waals surface area contributed by atoms with Crippen LogP contribution in [0, 0.1) is 0 Å². The van der Waals surface area contributed by atoms with Crippen molar-refractivity contribution in [3.8, 4) is 10.6 Å². The Labute approximate surface area is 173 Å². The van der Waals surface area contributed by atoms with Crippen LogP contribution in [0.5, 0.6) is 0 Å². The molecule has 156 valence electrons. The van der Waals surface area contributed by atoms with Gasteiger partial charge in [0.15, 0.2) is 0 Å². The average Bonchev–Trinajstić information content (AvgIpc) is 3.12. The number of carboxylic acids is 1. The molecule has 1 aromatic carbocycles. The molecule has 0 saturated carbocycles. The zero-order valence-electron chi connectivity index (χ0n) is 16.5. The van der Waals surface area contributed by atoms with Crippen molar-refractivity contribution < 1.29 is 19.5 Å². The number of benzene rings is 1. The van der Waals surface area contributed by atoms with Gasteiger partial charge in [0.1, 0.15) is 11.0 Å². The topological polar surface area (TPSA) is 134 Å². The molecule has 0 fully saturated rings. The summed E-state index contributed by atoms with van der Waals surface area (Å²) >= 11 is 1.44. The highest BCUT2D eigenvalue weighted by atomic mass is 32.1. The lowest BCUT2D eigenvalue weighted by Gasteiger charge is -2.14. The van der Waals surface area contributed by atoms with Crippen molar-refractivity contribution in [3.05, 3.63) is 40.9 Å². The van der Waals surface area contributed by atoms with Gasteiger partial charge in [-0.15, -0.1) is 11.3 Å². The van der Waals surface area contributed by atoms with Crippen molar-refractivity contribution in [2.24, 2.45) is 5.73 Å². The normalized spacial score (nSPS) is 11.8. The summed E-state index contributed by atoms with van der Waals surface area (Å²) in [7, 11) is 0. The lowest BCUT2D eigenvalue weighted by molar-refractivity contribution is -0.141. The number of carboxylic acid groups (broad SMARTS) is 1. The summed E-state index contributed by atoms with van der Waals surface area (Å²) in [6.45, 7) is 4.52. The van der Waals surface area contributed by atoms with Crippen LogP contribution in [0.4, 0.5) is 4.79 Å². The Hall–Kier alpha value is -2.94. The number of urea groups is 1. The molecule has 0 aliphatic carbocycles. The van der Waals surface area contributed by atoms with Crippen LogP contribution in [-0.2, 0) is 16.0 Å². The summed E-state index contributed by atoms with van der Waals surface area (Å²) in [5.74, 6) is -1.08. The third-order valence-electron chi connectivity index (χ3n) is 4.32. The van der Waals surface area contributed by atoms with Gasteiger partial charge in [-0.1, -0.05) is 38.1 Å². The molecule has 0 unspecified atom stereocenters. The number of nitrogens with two attached hydrogens (primary N) is 1. The maximum atomic E-state index is 12.2. The molecule has 0 saturated heterocycles. The second kappa shape index (κ2) is 10.6. The number of amides is 3. The van der Waals surface area contributed by atoms with Crippen LogP contribution in [0.25, 0.3) is 10.6 Å². The lowest BCUT2D eigenvalue weighted by Crippen LogP contribution is -2.42. The number of primary amides is 1. The van der Waals surface area contributed by atoms with Crippen molar-refractivity contribution in [2.45, 2.75) is 45.1 Å². The molecule has 2 rings (SSSR count). The minimum absolute atomic E-state index is 0.00386. The first-order valence-corrected chi connectivity index (χ1v) is 10.2. The van der Waals surface area contributed by atoms with Gasteiger partial charge in [-0.05, 0) is 24.3 Å². The van der Waals surface area contributed by atoms with Crippen molar-refractivity contribution >= 4 is 29.2 Å². The second-order valence-corrected chi connectivity index (χ2v) is 7.85. The predicted molar refractivity (Wildman–Crippen MR) is 112 cm³/mol. The fraction of sp³-hybridized carbons (Fsp3) is 0.400. The third-order valence-corrected chi connectivity index (χ3v) is 5.26. The van der Waals surface area contributed by atoms with Gasteiger partial charge in [-0.3, -0.25) is 4.79 Å². The van der Waals surface area contributed by atoms with Gasteiger partial charge in [0.05, 0.1) is 12.1 Å². The van der Waals surface area contributed by atoms with Crippen LogP contribution >= 0.6 is 11.3 Å². The number of hydrogen-bond acceptors (Lipinski definition) is 5. The van der Waals surface area contributed by atoms with Crippen LogP contribution < -0.4 is 16.4 Å². The van der Waals surface area contributed by atoms with E-state index in [1.54, 1.807) is 5.38 Å². The van der Waals surface area contributed by atoms with Gasteiger partial charge in [0, 0.05) is 17.5 Å². The van der Waals surface area contributed by atoms with Gasteiger partial charge in [-0.2, -0.15) is 0 Å². The van der Waals surface area contributed by atoms with E-state index in [1.807, 2.05) is 12.1 Å². The van der Waals surface area contributed by atoms with E-state index in [1.165, 1.54) is 16.9 Å². The summed E-state index contributed by atoms with van der Waals surface area (Å²) in [6, 6.07) is 6.46. The Morgan fingerprint density at radius 2 is 1.90 bits per heavy atom. The monoisotopic (exact) mass is 418 g/mol. The van der Waals surface area contributed by atoms with Crippen molar-refractivity contribution in [1.82, 2.24) is 15.6 Å². The Morgan fingerprint density at radius 1 is 1.21 bits per heavy atom. The van der Waals surface area contributed by atoms with E-state index in [0.717, 1.165) is 10.6 Å². The zero-order valence-corrected chi connectivity index (χ0v) is 17.3. The Balaban J connectivity index is 1.91. The average molecular weight is 419 g/mol. The van der Waals surface area contributed by atoms with Gasteiger partial charge in [-0.25, -0.2) is 14.6 Å².